The van der Waals surface area contributed by atoms with E-state index in [-0.39, 0.29) is 24.0 Å². The predicted octanol–water partition coefficient (Wildman–Crippen LogP) is 1.34. The van der Waals surface area contributed by atoms with E-state index < -0.39 is 0 Å². The van der Waals surface area contributed by atoms with E-state index in [9.17, 15) is 0 Å². The molecule has 1 aromatic heterocycles. The first kappa shape index (κ1) is 22.2. The SMILES string of the molecule is COCCNC(=NCCCN1CCOCC1)NCCc1ccco1.I. The Morgan fingerprint density at radius 1 is 1.28 bits per heavy atom. The Bertz CT molecular complexity index is 451. The van der Waals surface area contributed by atoms with Crippen molar-refractivity contribution in [3.63, 3.8) is 0 Å². The van der Waals surface area contributed by atoms with Crippen LogP contribution in [0.1, 0.15) is 12.2 Å². The van der Waals surface area contributed by atoms with Crippen molar-refractivity contribution in [1.82, 2.24) is 15.5 Å². The first-order valence-corrected chi connectivity index (χ1v) is 8.72. The van der Waals surface area contributed by atoms with E-state index >= 15 is 0 Å². The molecule has 0 bridgehead atoms. The second-order valence-electron chi connectivity index (χ2n) is 5.71. The summed E-state index contributed by atoms with van der Waals surface area (Å²) in [5.41, 5.74) is 0. The number of furan rings is 1. The van der Waals surface area contributed by atoms with Crippen LogP contribution >= 0.6 is 24.0 Å². The molecule has 144 valence electrons. The van der Waals surface area contributed by atoms with Crippen molar-refractivity contribution < 1.29 is 13.9 Å². The Hall–Kier alpha value is -0.840. The summed E-state index contributed by atoms with van der Waals surface area (Å²) in [5.74, 6) is 1.81. The molecular weight excluding hydrogens is 435 g/mol. The molecule has 2 rings (SSSR count). The number of methoxy groups -OCH3 is 1. The molecule has 0 unspecified atom stereocenters. The highest BCUT2D eigenvalue weighted by Gasteiger charge is 2.09. The van der Waals surface area contributed by atoms with Gasteiger partial charge in [-0.15, -0.1) is 24.0 Å². The fourth-order valence-corrected chi connectivity index (χ4v) is 2.51. The van der Waals surface area contributed by atoms with Gasteiger partial charge in [0.1, 0.15) is 5.76 Å². The summed E-state index contributed by atoms with van der Waals surface area (Å²) < 4.78 is 15.8. The van der Waals surface area contributed by atoms with E-state index in [0.29, 0.717) is 6.61 Å². The van der Waals surface area contributed by atoms with Gasteiger partial charge >= 0.3 is 0 Å². The Morgan fingerprint density at radius 3 is 2.80 bits per heavy atom. The first-order valence-electron chi connectivity index (χ1n) is 8.72. The van der Waals surface area contributed by atoms with Crippen LogP contribution in [0.25, 0.3) is 0 Å². The second kappa shape index (κ2) is 14.3. The van der Waals surface area contributed by atoms with Gasteiger partial charge < -0.3 is 24.5 Å². The molecule has 1 fully saturated rings. The van der Waals surface area contributed by atoms with Crippen LogP contribution in [0.5, 0.6) is 0 Å². The van der Waals surface area contributed by atoms with Crippen molar-refractivity contribution in [3.8, 4) is 0 Å². The lowest BCUT2D eigenvalue weighted by molar-refractivity contribution is 0.0377. The summed E-state index contributed by atoms with van der Waals surface area (Å²) >= 11 is 0. The molecule has 0 radical (unpaired) electrons. The number of guanidine groups is 1. The summed E-state index contributed by atoms with van der Waals surface area (Å²) in [6.45, 7) is 7.83. The summed E-state index contributed by atoms with van der Waals surface area (Å²) in [5, 5.41) is 6.63. The van der Waals surface area contributed by atoms with Crippen LogP contribution < -0.4 is 10.6 Å². The predicted molar refractivity (Wildman–Crippen MR) is 110 cm³/mol. The monoisotopic (exact) mass is 466 g/mol. The number of hydrogen-bond donors (Lipinski definition) is 2. The average Bonchev–Trinajstić information content (AvgIpc) is 3.13. The summed E-state index contributed by atoms with van der Waals surface area (Å²) in [7, 11) is 1.70. The number of halogens is 1. The Kier molecular flexibility index (Phi) is 12.7. The largest absolute Gasteiger partial charge is 0.469 e. The van der Waals surface area contributed by atoms with E-state index in [0.717, 1.165) is 77.0 Å². The van der Waals surface area contributed by atoms with Gasteiger partial charge in [-0.3, -0.25) is 9.89 Å². The van der Waals surface area contributed by atoms with E-state index in [2.05, 4.69) is 20.5 Å². The highest BCUT2D eigenvalue weighted by molar-refractivity contribution is 14.0. The van der Waals surface area contributed by atoms with Gasteiger partial charge in [0.05, 0.1) is 26.1 Å². The lowest BCUT2D eigenvalue weighted by Gasteiger charge is -2.26. The number of hydrogen-bond acceptors (Lipinski definition) is 5. The van der Waals surface area contributed by atoms with Gasteiger partial charge in [-0.05, 0) is 18.6 Å². The van der Waals surface area contributed by atoms with Gasteiger partial charge in [-0.25, -0.2) is 0 Å². The third kappa shape index (κ3) is 10.0. The minimum Gasteiger partial charge on any atom is -0.469 e. The van der Waals surface area contributed by atoms with Crippen LogP contribution in [0.3, 0.4) is 0 Å². The Morgan fingerprint density at radius 2 is 2.08 bits per heavy atom. The molecule has 2 N–H and O–H groups in total. The number of ether oxygens (including phenoxy) is 2. The number of aliphatic imine (C=N–C) groups is 1. The first-order chi connectivity index (χ1) is 11.9. The molecule has 0 spiro atoms. The van der Waals surface area contributed by atoms with Crippen molar-refractivity contribution >= 4 is 29.9 Å². The zero-order chi connectivity index (χ0) is 16.9. The maximum absolute atomic E-state index is 5.37. The zero-order valence-corrected chi connectivity index (χ0v) is 17.4. The summed E-state index contributed by atoms with van der Waals surface area (Å²) in [6.07, 6.45) is 3.59. The number of morpholine rings is 1. The number of rotatable bonds is 10. The number of nitrogens with zero attached hydrogens (tertiary/aromatic N) is 2. The van der Waals surface area contributed by atoms with Crippen molar-refractivity contribution in [1.29, 1.82) is 0 Å². The molecule has 25 heavy (non-hydrogen) atoms. The normalized spacial score (nSPS) is 15.6. The molecule has 0 saturated carbocycles. The Balaban J connectivity index is 0.00000312. The minimum atomic E-state index is 0. The quantitative estimate of drug-likeness (QED) is 0.235. The van der Waals surface area contributed by atoms with Crippen LogP contribution in [0.15, 0.2) is 27.8 Å². The fraction of sp³-hybridized carbons (Fsp3) is 0.706. The van der Waals surface area contributed by atoms with Gasteiger partial charge in [0, 0.05) is 52.8 Å². The third-order valence-corrected chi connectivity index (χ3v) is 3.85. The molecule has 7 nitrogen and oxygen atoms in total. The second-order valence-corrected chi connectivity index (χ2v) is 5.71. The van der Waals surface area contributed by atoms with Crippen LogP contribution in [0.2, 0.25) is 0 Å². The highest BCUT2D eigenvalue weighted by Crippen LogP contribution is 2.00. The van der Waals surface area contributed by atoms with Crippen molar-refractivity contribution in [2.45, 2.75) is 12.8 Å². The lowest BCUT2D eigenvalue weighted by Crippen LogP contribution is -2.40. The molecule has 8 heteroatoms. The van der Waals surface area contributed by atoms with Crippen molar-refractivity contribution in [2.24, 2.45) is 4.99 Å². The van der Waals surface area contributed by atoms with Crippen LogP contribution in [-0.4, -0.2) is 77.1 Å². The van der Waals surface area contributed by atoms with Crippen LogP contribution in [0, 0.1) is 0 Å². The number of nitrogens with one attached hydrogen (secondary N) is 2. The third-order valence-electron chi connectivity index (χ3n) is 3.85. The molecule has 0 aliphatic carbocycles. The molecule has 0 aromatic carbocycles. The van der Waals surface area contributed by atoms with Crippen LogP contribution in [0.4, 0.5) is 0 Å². The molecular formula is C17H31IN4O3. The van der Waals surface area contributed by atoms with Gasteiger partial charge in [-0.2, -0.15) is 0 Å². The standard InChI is InChI=1S/C17H30N4O3.HI/c1-22-13-8-20-17(19-7-5-16-4-2-12-24-16)18-6-3-9-21-10-14-23-15-11-21;/h2,4,12H,3,5-11,13-15H2,1H3,(H2,18,19,20);1H. The molecule has 1 aromatic rings. The van der Waals surface area contributed by atoms with Crippen molar-refractivity contribution in [3.05, 3.63) is 24.2 Å². The van der Waals surface area contributed by atoms with E-state index in [1.165, 1.54) is 0 Å². The molecule has 1 aliphatic rings. The van der Waals surface area contributed by atoms with Crippen molar-refractivity contribution in [2.75, 3.05) is 66.2 Å². The molecule has 0 atom stereocenters. The molecule has 0 amide bonds. The van der Waals surface area contributed by atoms with Gasteiger partial charge in [0.25, 0.3) is 0 Å². The van der Waals surface area contributed by atoms with E-state index in [1.54, 1.807) is 13.4 Å². The molecule has 1 saturated heterocycles. The van der Waals surface area contributed by atoms with E-state index in [4.69, 9.17) is 13.9 Å². The zero-order valence-electron chi connectivity index (χ0n) is 15.0. The van der Waals surface area contributed by atoms with E-state index in [1.807, 2.05) is 12.1 Å². The minimum absolute atomic E-state index is 0. The van der Waals surface area contributed by atoms with Gasteiger partial charge in [0.15, 0.2) is 5.96 Å². The lowest BCUT2D eigenvalue weighted by atomic mass is 10.3. The topological polar surface area (TPSA) is 71.3 Å². The smallest absolute Gasteiger partial charge is 0.191 e. The summed E-state index contributed by atoms with van der Waals surface area (Å²) in [4.78, 5) is 7.08. The maximum atomic E-state index is 5.37. The Labute approximate surface area is 167 Å². The van der Waals surface area contributed by atoms with Gasteiger partial charge in [0.2, 0.25) is 0 Å². The highest BCUT2D eigenvalue weighted by atomic mass is 127. The molecule has 1 aliphatic heterocycles. The maximum Gasteiger partial charge on any atom is 0.191 e. The van der Waals surface area contributed by atoms with Crippen LogP contribution in [-0.2, 0) is 15.9 Å². The summed E-state index contributed by atoms with van der Waals surface area (Å²) in [6, 6.07) is 3.89. The fourth-order valence-electron chi connectivity index (χ4n) is 2.51. The van der Waals surface area contributed by atoms with Gasteiger partial charge in [-0.1, -0.05) is 0 Å². The molecule has 2 heterocycles. The average molecular weight is 466 g/mol.